The summed E-state index contributed by atoms with van der Waals surface area (Å²) < 4.78 is 10.3. The molecular formula is C12H24N2O3. The van der Waals surface area contributed by atoms with E-state index in [2.05, 4.69) is 18.7 Å². The summed E-state index contributed by atoms with van der Waals surface area (Å²) in [5.74, 6) is 0.00481. The van der Waals surface area contributed by atoms with Crippen LogP contribution in [-0.4, -0.2) is 55.9 Å². The molecule has 0 aliphatic carbocycles. The second kappa shape index (κ2) is 6.93. The molecule has 1 saturated heterocycles. The average Bonchev–Trinajstić information content (AvgIpc) is 2.30. The normalized spacial score (nSPS) is 21.2. The Labute approximate surface area is 103 Å². The SMILES string of the molecule is CCOC(=O)[C@H](N)[C@H](C(C)C)N1CCOCC1. The van der Waals surface area contributed by atoms with Gasteiger partial charge in [-0.05, 0) is 12.8 Å². The van der Waals surface area contributed by atoms with Crippen molar-refractivity contribution in [2.45, 2.75) is 32.9 Å². The predicted molar refractivity (Wildman–Crippen MR) is 65.6 cm³/mol. The molecule has 2 N–H and O–H groups in total. The Kier molecular flexibility index (Phi) is 5.88. The summed E-state index contributed by atoms with van der Waals surface area (Å²) in [5, 5.41) is 0. The third-order valence-corrected chi connectivity index (χ3v) is 3.08. The summed E-state index contributed by atoms with van der Waals surface area (Å²) >= 11 is 0. The van der Waals surface area contributed by atoms with Gasteiger partial charge in [-0.2, -0.15) is 0 Å². The highest BCUT2D eigenvalue weighted by Crippen LogP contribution is 2.16. The van der Waals surface area contributed by atoms with Gasteiger partial charge in [0.15, 0.2) is 0 Å². The van der Waals surface area contributed by atoms with Gasteiger partial charge < -0.3 is 15.2 Å². The van der Waals surface area contributed by atoms with Gasteiger partial charge in [0.1, 0.15) is 6.04 Å². The quantitative estimate of drug-likeness (QED) is 0.702. The van der Waals surface area contributed by atoms with Gasteiger partial charge in [0.2, 0.25) is 0 Å². The van der Waals surface area contributed by atoms with Crippen LogP contribution in [0.4, 0.5) is 0 Å². The first kappa shape index (κ1) is 14.4. The Bertz CT molecular complexity index is 240. The molecule has 17 heavy (non-hydrogen) atoms. The number of nitrogens with zero attached hydrogens (tertiary/aromatic N) is 1. The lowest BCUT2D eigenvalue weighted by atomic mass is 9.95. The van der Waals surface area contributed by atoms with Crippen LogP contribution in [-0.2, 0) is 14.3 Å². The van der Waals surface area contributed by atoms with Gasteiger partial charge in [0, 0.05) is 19.1 Å². The number of esters is 1. The number of ether oxygens (including phenoxy) is 2. The number of carbonyl (C=O) groups is 1. The Morgan fingerprint density at radius 2 is 2.00 bits per heavy atom. The summed E-state index contributed by atoms with van der Waals surface area (Å²) in [6, 6.07) is -0.550. The molecule has 1 aliphatic heterocycles. The zero-order valence-electron chi connectivity index (χ0n) is 11.0. The Morgan fingerprint density at radius 3 is 2.47 bits per heavy atom. The van der Waals surface area contributed by atoms with Gasteiger partial charge >= 0.3 is 5.97 Å². The van der Waals surface area contributed by atoms with E-state index in [9.17, 15) is 4.79 Å². The maximum Gasteiger partial charge on any atom is 0.324 e. The molecule has 1 heterocycles. The summed E-state index contributed by atoms with van der Waals surface area (Å²) in [6.07, 6.45) is 0. The number of morpholine rings is 1. The van der Waals surface area contributed by atoms with Crippen LogP contribution < -0.4 is 5.73 Å². The Hall–Kier alpha value is -0.650. The van der Waals surface area contributed by atoms with Crippen LogP contribution in [0.3, 0.4) is 0 Å². The maximum atomic E-state index is 11.7. The van der Waals surface area contributed by atoms with Crippen LogP contribution in [0.5, 0.6) is 0 Å². The first-order valence-corrected chi connectivity index (χ1v) is 6.32. The molecule has 1 fully saturated rings. The van der Waals surface area contributed by atoms with Crippen molar-refractivity contribution in [1.29, 1.82) is 0 Å². The molecule has 0 amide bonds. The highest BCUT2D eigenvalue weighted by molar-refractivity contribution is 5.76. The zero-order chi connectivity index (χ0) is 12.8. The number of hydrogen-bond acceptors (Lipinski definition) is 5. The molecule has 5 heteroatoms. The molecular weight excluding hydrogens is 220 g/mol. The number of hydrogen-bond donors (Lipinski definition) is 1. The fourth-order valence-corrected chi connectivity index (χ4v) is 2.32. The minimum Gasteiger partial charge on any atom is -0.465 e. The summed E-state index contributed by atoms with van der Waals surface area (Å²) in [7, 11) is 0. The van der Waals surface area contributed by atoms with Crippen molar-refractivity contribution in [3.63, 3.8) is 0 Å². The van der Waals surface area contributed by atoms with Crippen LogP contribution >= 0.6 is 0 Å². The topological polar surface area (TPSA) is 64.8 Å². The predicted octanol–water partition coefficient (Wildman–Crippen LogP) is 0.234. The molecule has 1 aliphatic rings. The van der Waals surface area contributed by atoms with Gasteiger partial charge in [-0.25, -0.2) is 0 Å². The molecule has 0 aromatic carbocycles. The van der Waals surface area contributed by atoms with Crippen LogP contribution in [0.15, 0.2) is 0 Å². The van der Waals surface area contributed by atoms with E-state index in [-0.39, 0.29) is 12.0 Å². The summed E-state index contributed by atoms with van der Waals surface area (Å²) in [4.78, 5) is 14.0. The van der Waals surface area contributed by atoms with Crippen LogP contribution in [0.25, 0.3) is 0 Å². The van der Waals surface area contributed by atoms with Crippen LogP contribution in [0, 0.1) is 5.92 Å². The van der Waals surface area contributed by atoms with E-state index >= 15 is 0 Å². The van der Waals surface area contributed by atoms with E-state index < -0.39 is 6.04 Å². The lowest BCUT2D eigenvalue weighted by Gasteiger charge is -2.39. The van der Waals surface area contributed by atoms with Crippen molar-refractivity contribution in [2.24, 2.45) is 11.7 Å². The second-order valence-electron chi connectivity index (χ2n) is 4.66. The Balaban J connectivity index is 2.66. The number of rotatable bonds is 5. The van der Waals surface area contributed by atoms with Crippen molar-refractivity contribution in [2.75, 3.05) is 32.9 Å². The van der Waals surface area contributed by atoms with Crippen LogP contribution in [0.1, 0.15) is 20.8 Å². The largest absolute Gasteiger partial charge is 0.465 e. The van der Waals surface area contributed by atoms with E-state index in [1.807, 2.05) is 0 Å². The smallest absolute Gasteiger partial charge is 0.324 e. The molecule has 0 aromatic heterocycles. The van der Waals surface area contributed by atoms with E-state index in [4.69, 9.17) is 15.2 Å². The lowest BCUT2D eigenvalue weighted by molar-refractivity contribution is -0.147. The monoisotopic (exact) mass is 244 g/mol. The van der Waals surface area contributed by atoms with Gasteiger partial charge in [0.25, 0.3) is 0 Å². The molecule has 0 unspecified atom stereocenters. The first-order chi connectivity index (χ1) is 8.07. The molecule has 0 bridgehead atoms. The standard InChI is InChI=1S/C12H24N2O3/c1-4-17-12(15)10(13)11(9(2)3)14-5-7-16-8-6-14/h9-11H,4-8,13H2,1-3H3/t10-,11+/m1/s1. The molecule has 0 saturated carbocycles. The molecule has 2 atom stereocenters. The van der Waals surface area contributed by atoms with Crippen molar-refractivity contribution >= 4 is 5.97 Å². The van der Waals surface area contributed by atoms with E-state index in [1.165, 1.54) is 0 Å². The molecule has 1 rings (SSSR count). The average molecular weight is 244 g/mol. The van der Waals surface area contributed by atoms with E-state index in [0.717, 1.165) is 13.1 Å². The summed E-state index contributed by atoms with van der Waals surface area (Å²) in [6.45, 7) is 9.41. The molecule has 0 radical (unpaired) electrons. The number of nitrogens with two attached hydrogens (primary N) is 1. The molecule has 0 spiro atoms. The third-order valence-electron chi connectivity index (χ3n) is 3.08. The Morgan fingerprint density at radius 1 is 1.41 bits per heavy atom. The first-order valence-electron chi connectivity index (χ1n) is 6.32. The third kappa shape index (κ3) is 3.94. The fraction of sp³-hybridized carbons (Fsp3) is 0.917. The zero-order valence-corrected chi connectivity index (χ0v) is 11.0. The van der Waals surface area contributed by atoms with Gasteiger partial charge in [-0.1, -0.05) is 13.8 Å². The van der Waals surface area contributed by atoms with Gasteiger partial charge in [0.05, 0.1) is 19.8 Å². The lowest BCUT2D eigenvalue weighted by Crippen LogP contribution is -2.57. The van der Waals surface area contributed by atoms with E-state index in [0.29, 0.717) is 25.7 Å². The molecule has 100 valence electrons. The minimum absolute atomic E-state index is 0.0259. The second-order valence-corrected chi connectivity index (χ2v) is 4.66. The van der Waals surface area contributed by atoms with Crippen molar-refractivity contribution < 1.29 is 14.3 Å². The highest BCUT2D eigenvalue weighted by atomic mass is 16.5. The molecule has 0 aromatic rings. The fourth-order valence-electron chi connectivity index (χ4n) is 2.32. The van der Waals surface area contributed by atoms with Crippen molar-refractivity contribution in [3.8, 4) is 0 Å². The maximum absolute atomic E-state index is 11.7. The summed E-state index contributed by atoms with van der Waals surface area (Å²) in [5.41, 5.74) is 6.02. The van der Waals surface area contributed by atoms with E-state index in [1.54, 1.807) is 6.92 Å². The van der Waals surface area contributed by atoms with Crippen LogP contribution in [0.2, 0.25) is 0 Å². The van der Waals surface area contributed by atoms with Gasteiger partial charge in [-0.15, -0.1) is 0 Å². The van der Waals surface area contributed by atoms with Gasteiger partial charge in [-0.3, -0.25) is 9.69 Å². The minimum atomic E-state index is -0.576. The number of carbonyl (C=O) groups excluding carboxylic acids is 1. The van der Waals surface area contributed by atoms with Crippen molar-refractivity contribution in [3.05, 3.63) is 0 Å². The molecule has 5 nitrogen and oxygen atoms in total. The highest BCUT2D eigenvalue weighted by Gasteiger charge is 2.33. The van der Waals surface area contributed by atoms with Crippen molar-refractivity contribution in [1.82, 2.24) is 4.90 Å².